The normalized spacial score (nSPS) is 15.1. The Morgan fingerprint density at radius 1 is 1.38 bits per heavy atom. The Balaban J connectivity index is 2.02. The Hall–Kier alpha value is -1.27. The molecule has 1 aliphatic heterocycles. The molecule has 0 saturated heterocycles. The monoisotopic (exact) mass is 235 g/mol. The number of aryl methyl sites for hydroxylation is 1. The largest absolute Gasteiger partial charge is 0.325 e. The fraction of sp³-hybridized carbons (Fsp3) is 0.500. The minimum atomic E-state index is 0.492. The van der Waals surface area contributed by atoms with Crippen LogP contribution >= 0.6 is 11.3 Å². The molecule has 1 aliphatic rings. The highest BCUT2D eigenvalue weighted by molar-refractivity contribution is 7.09. The van der Waals surface area contributed by atoms with E-state index in [0.29, 0.717) is 6.54 Å². The highest BCUT2D eigenvalue weighted by atomic mass is 32.1. The number of rotatable bonds is 2. The predicted octanol–water partition coefficient (Wildman–Crippen LogP) is 1.20. The van der Waals surface area contributed by atoms with Gasteiger partial charge in [0.05, 0.1) is 0 Å². The van der Waals surface area contributed by atoms with Crippen molar-refractivity contribution in [3.63, 3.8) is 0 Å². The van der Waals surface area contributed by atoms with Crippen LogP contribution in [0.3, 0.4) is 0 Å². The molecule has 3 rings (SSSR count). The third-order valence-corrected chi connectivity index (χ3v) is 3.69. The van der Waals surface area contributed by atoms with Gasteiger partial charge in [-0.05, 0) is 12.8 Å². The van der Waals surface area contributed by atoms with Gasteiger partial charge >= 0.3 is 0 Å². The van der Waals surface area contributed by atoms with E-state index in [1.165, 1.54) is 12.8 Å². The molecule has 0 fully saturated rings. The third kappa shape index (κ3) is 1.54. The van der Waals surface area contributed by atoms with Gasteiger partial charge in [0.1, 0.15) is 16.5 Å². The molecule has 0 atom stereocenters. The lowest BCUT2D eigenvalue weighted by atomic mass is 10.1. The van der Waals surface area contributed by atoms with Gasteiger partial charge in [0.25, 0.3) is 0 Å². The van der Waals surface area contributed by atoms with Gasteiger partial charge in [0.2, 0.25) is 0 Å². The lowest BCUT2D eigenvalue weighted by molar-refractivity contribution is 0.525. The van der Waals surface area contributed by atoms with E-state index in [9.17, 15) is 0 Å². The molecule has 0 spiro atoms. The molecular formula is C10H13N5S. The van der Waals surface area contributed by atoms with E-state index >= 15 is 0 Å². The SMILES string of the molecule is NCc1nc(-c2nnc3n2CCCC3)cs1. The standard InChI is InChI=1S/C10H13N5S/c11-5-9-12-7(6-16-9)10-14-13-8-3-1-2-4-15(8)10/h6H,1-5,11H2. The Bertz CT molecular complexity index is 501. The molecule has 2 N–H and O–H groups in total. The first-order chi connectivity index (χ1) is 7.88. The smallest absolute Gasteiger partial charge is 0.183 e. The maximum atomic E-state index is 5.56. The fourth-order valence-corrected chi connectivity index (χ4v) is 2.66. The first-order valence-electron chi connectivity index (χ1n) is 5.45. The number of thiazole rings is 1. The maximum absolute atomic E-state index is 5.56. The number of hydrogen-bond donors (Lipinski definition) is 1. The highest BCUT2D eigenvalue weighted by Gasteiger charge is 2.18. The lowest BCUT2D eigenvalue weighted by Crippen LogP contribution is -2.11. The summed E-state index contributed by atoms with van der Waals surface area (Å²) in [5.41, 5.74) is 6.47. The van der Waals surface area contributed by atoms with Crippen molar-refractivity contribution in [2.75, 3.05) is 0 Å². The van der Waals surface area contributed by atoms with Crippen molar-refractivity contribution >= 4 is 11.3 Å². The van der Waals surface area contributed by atoms with Crippen LogP contribution < -0.4 is 5.73 Å². The van der Waals surface area contributed by atoms with Crippen molar-refractivity contribution < 1.29 is 0 Å². The molecule has 0 aromatic carbocycles. The minimum absolute atomic E-state index is 0.492. The first-order valence-corrected chi connectivity index (χ1v) is 6.33. The summed E-state index contributed by atoms with van der Waals surface area (Å²) >= 11 is 1.58. The molecule has 3 heterocycles. The van der Waals surface area contributed by atoms with Gasteiger partial charge in [-0.25, -0.2) is 4.98 Å². The molecule has 5 nitrogen and oxygen atoms in total. The van der Waals surface area contributed by atoms with Gasteiger partial charge in [-0.3, -0.25) is 0 Å². The summed E-state index contributed by atoms with van der Waals surface area (Å²) in [4.78, 5) is 4.45. The van der Waals surface area contributed by atoms with Crippen molar-refractivity contribution in [1.29, 1.82) is 0 Å². The minimum Gasteiger partial charge on any atom is -0.325 e. The van der Waals surface area contributed by atoms with Gasteiger partial charge in [-0.2, -0.15) is 0 Å². The molecule has 84 valence electrons. The Morgan fingerprint density at radius 3 is 3.12 bits per heavy atom. The van der Waals surface area contributed by atoms with Crippen molar-refractivity contribution in [1.82, 2.24) is 19.7 Å². The van der Waals surface area contributed by atoms with E-state index in [-0.39, 0.29) is 0 Å². The molecule has 16 heavy (non-hydrogen) atoms. The third-order valence-electron chi connectivity index (χ3n) is 2.81. The van der Waals surface area contributed by atoms with Gasteiger partial charge < -0.3 is 10.3 Å². The molecule has 0 amide bonds. The van der Waals surface area contributed by atoms with Crippen LogP contribution in [0.25, 0.3) is 11.5 Å². The Kier molecular flexibility index (Phi) is 2.45. The van der Waals surface area contributed by atoms with E-state index in [1.54, 1.807) is 11.3 Å². The Morgan fingerprint density at radius 2 is 2.31 bits per heavy atom. The average Bonchev–Trinajstić information content (AvgIpc) is 2.94. The van der Waals surface area contributed by atoms with Crippen LogP contribution in [0.1, 0.15) is 23.7 Å². The summed E-state index contributed by atoms with van der Waals surface area (Å²) in [6, 6.07) is 0. The van der Waals surface area contributed by atoms with Crippen LogP contribution in [0.5, 0.6) is 0 Å². The number of nitrogens with two attached hydrogens (primary N) is 1. The van der Waals surface area contributed by atoms with E-state index in [1.807, 2.05) is 5.38 Å². The van der Waals surface area contributed by atoms with Crippen molar-refractivity contribution in [3.05, 3.63) is 16.2 Å². The molecule has 6 heteroatoms. The predicted molar refractivity (Wildman–Crippen MR) is 62.0 cm³/mol. The van der Waals surface area contributed by atoms with Crippen LogP contribution in [0.15, 0.2) is 5.38 Å². The molecule has 0 radical (unpaired) electrons. The van der Waals surface area contributed by atoms with Crippen molar-refractivity contribution in [2.24, 2.45) is 5.73 Å². The van der Waals surface area contributed by atoms with Crippen molar-refractivity contribution in [2.45, 2.75) is 32.4 Å². The number of aromatic nitrogens is 4. The van der Waals surface area contributed by atoms with Crippen LogP contribution in [-0.4, -0.2) is 19.7 Å². The number of nitrogens with zero attached hydrogens (tertiary/aromatic N) is 4. The molecule has 2 aromatic rings. The summed E-state index contributed by atoms with van der Waals surface area (Å²) in [7, 11) is 0. The Labute approximate surface area is 97.3 Å². The highest BCUT2D eigenvalue weighted by Crippen LogP contribution is 2.24. The quantitative estimate of drug-likeness (QED) is 0.849. The zero-order chi connectivity index (χ0) is 11.0. The molecule has 0 saturated carbocycles. The van der Waals surface area contributed by atoms with Crippen molar-refractivity contribution in [3.8, 4) is 11.5 Å². The first kappa shape index (κ1) is 9.92. The zero-order valence-corrected chi connectivity index (χ0v) is 9.70. The van der Waals surface area contributed by atoms with E-state index in [0.717, 1.165) is 35.3 Å². The molecule has 0 bridgehead atoms. The van der Waals surface area contributed by atoms with Crippen LogP contribution in [-0.2, 0) is 19.5 Å². The molecule has 2 aromatic heterocycles. The topological polar surface area (TPSA) is 69.6 Å². The van der Waals surface area contributed by atoms with Gasteiger partial charge in [0.15, 0.2) is 5.82 Å². The summed E-state index contributed by atoms with van der Waals surface area (Å²) in [6.45, 7) is 1.50. The second-order valence-corrected chi connectivity index (χ2v) is 4.82. The van der Waals surface area contributed by atoms with Crippen LogP contribution in [0.4, 0.5) is 0 Å². The molecular weight excluding hydrogens is 222 g/mol. The molecule has 0 aliphatic carbocycles. The lowest BCUT2D eigenvalue weighted by Gasteiger charge is -2.13. The number of fused-ring (bicyclic) bond motifs is 1. The van der Waals surface area contributed by atoms with E-state index in [2.05, 4.69) is 19.7 Å². The van der Waals surface area contributed by atoms with Crippen LogP contribution in [0.2, 0.25) is 0 Å². The fourth-order valence-electron chi connectivity index (χ4n) is 2.01. The van der Waals surface area contributed by atoms with Gasteiger partial charge in [-0.15, -0.1) is 21.5 Å². The second-order valence-electron chi connectivity index (χ2n) is 3.88. The zero-order valence-electron chi connectivity index (χ0n) is 8.89. The summed E-state index contributed by atoms with van der Waals surface area (Å²) in [5.74, 6) is 1.98. The van der Waals surface area contributed by atoms with Gasteiger partial charge in [0, 0.05) is 24.9 Å². The molecule has 0 unspecified atom stereocenters. The summed E-state index contributed by atoms with van der Waals surface area (Å²) in [6.07, 6.45) is 3.44. The van der Waals surface area contributed by atoms with E-state index < -0.39 is 0 Å². The van der Waals surface area contributed by atoms with Gasteiger partial charge in [-0.1, -0.05) is 0 Å². The maximum Gasteiger partial charge on any atom is 0.183 e. The van der Waals surface area contributed by atoms with Crippen LogP contribution in [0, 0.1) is 0 Å². The second kappa shape index (κ2) is 3.95. The number of hydrogen-bond acceptors (Lipinski definition) is 5. The van der Waals surface area contributed by atoms with E-state index in [4.69, 9.17) is 5.73 Å². The summed E-state index contributed by atoms with van der Waals surface area (Å²) < 4.78 is 2.18. The average molecular weight is 235 g/mol. The summed E-state index contributed by atoms with van der Waals surface area (Å²) in [5, 5.41) is 11.4.